The molecule has 3 N–H and O–H groups in total. The number of nitrogens with two attached hydrogens (primary N) is 1. The molecule has 0 amide bonds. The molecule has 1 heterocycles. The quantitative estimate of drug-likeness (QED) is 0.313. The lowest BCUT2D eigenvalue weighted by Crippen LogP contribution is -2.33. The molecule has 0 bridgehead atoms. The average molecular weight is 526 g/mol. The Hall–Kier alpha value is -2.04. The standard InChI is InChI=1S/C22H30N4O3.HI/c1-27-15-17-6-4-5-7-19(17)25-22(23)24-9-11-26-10-8-16-12-20(28-2)21(29-3)13-18(16)14-26;/h4-7,12-13H,8-11,14-15H2,1-3H3,(H3,23,24,25);1H. The van der Waals surface area contributed by atoms with Gasteiger partial charge >= 0.3 is 0 Å². The second-order valence-electron chi connectivity index (χ2n) is 6.98. The Morgan fingerprint density at radius 2 is 1.80 bits per heavy atom. The first kappa shape index (κ1) is 24.2. The molecule has 0 aliphatic carbocycles. The van der Waals surface area contributed by atoms with E-state index in [9.17, 15) is 0 Å². The molecular weight excluding hydrogens is 495 g/mol. The number of para-hydroxylation sites is 1. The van der Waals surface area contributed by atoms with Gasteiger partial charge in [-0.1, -0.05) is 18.2 Å². The molecule has 0 radical (unpaired) electrons. The third-order valence-electron chi connectivity index (χ3n) is 5.08. The van der Waals surface area contributed by atoms with Crippen molar-refractivity contribution in [2.75, 3.05) is 46.3 Å². The SMILES string of the molecule is COCc1ccccc1NC(N)=NCCN1CCc2cc(OC)c(OC)cc2C1.I. The summed E-state index contributed by atoms with van der Waals surface area (Å²) < 4.78 is 16.1. The number of rotatable bonds is 8. The fraction of sp³-hybridized carbons (Fsp3) is 0.409. The second-order valence-corrected chi connectivity index (χ2v) is 6.98. The first-order valence-corrected chi connectivity index (χ1v) is 9.74. The summed E-state index contributed by atoms with van der Waals surface area (Å²) in [5.41, 5.74) is 10.6. The minimum absolute atomic E-state index is 0. The predicted molar refractivity (Wildman–Crippen MR) is 131 cm³/mol. The zero-order valence-corrected chi connectivity index (χ0v) is 20.1. The third kappa shape index (κ3) is 6.23. The molecule has 0 saturated carbocycles. The molecule has 30 heavy (non-hydrogen) atoms. The largest absolute Gasteiger partial charge is 0.493 e. The van der Waals surface area contributed by atoms with E-state index >= 15 is 0 Å². The number of hydrogen-bond acceptors (Lipinski definition) is 5. The van der Waals surface area contributed by atoms with Crippen molar-refractivity contribution in [1.29, 1.82) is 0 Å². The van der Waals surface area contributed by atoms with Crippen molar-refractivity contribution in [2.45, 2.75) is 19.6 Å². The number of nitrogens with one attached hydrogen (secondary N) is 1. The highest BCUT2D eigenvalue weighted by atomic mass is 127. The van der Waals surface area contributed by atoms with Gasteiger partial charge in [0.2, 0.25) is 0 Å². The van der Waals surface area contributed by atoms with E-state index in [0.29, 0.717) is 19.1 Å². The van der Waals surface area contributed by atoms with Crippen LogP contribution < -0.4 is 20.5 Å². The monoisotopic (exact) mass is 526 g/mol. The van der Waals surface area contributed by atoms with Gasteiger partial charge in [-0.3, -0.25) is 9.89 Å². The van der Waals surface area contributed by atoms with Crippen molar-refractivity contribution < 1.29 is 14.2 Å². The fourth-order valence-corrected chi connectivity index (χ4v) is 3.55. The summed E-state index contributed by atoms with van der Waals surface area (Å²) in [4.78, 5) is 6.87. The van der Waals surface area contributed by atoms with Crippen LogP contribution in [0.5, 0.6) is 11.5 Å². The van der Waals surface area contributed by atoms with Gasteiger partial charge in [-0.2, -0.15) is 0 Å². The molecule has 1 aliphatic rings. The van der Waals surface area contributed by atoms with Crippen LogP contribution in [0.4, 0.5) is 5.69 Å². The van der Waals surface area contributed by atoms with E-state index in [1.165, 1.54) is 11.1 Å². The van der Waals surface area contributed by atoms with E-state index < -0.39 is 0 Å². The second kappa shape index (κ2) is 12.0. The number of fused-ring (bicyclic) bond motifs is 1. The molecule has 0 atom stereocenters. The molecule has 7 nitrogen and oxygen atoms in total. The number of aliphatic imine (C=N–C) groups is 1. The van der Waals surface area contributed by atoms with Gasteiger partial charge in [-0.05, 0) is 35.7 Å². The van der Waals surface area contributed by atoms with Crippen LogP contribution in [-0.4, -0.2) is 51.8 Å². The number of anilines is 1. The summed E-state index contributed by atoms with van der Waals surface area (Å²) in [6, 6.07) is 12.1. The summed E-state index contributed by atoms with van der Waals surface area (Å²) in [5.74, 6) is 1.98. The lowest BCUT2D eigenvalue weighted by atomic mass is 9.99. The van der Waals surface area contributed by atoms with Crippen LogP contribution in [0.15, 0.2) is 41.4 Å². The van der Waals surface area contributed by atoms with Crippen LogP contribution in [-0.2, 0) is 24.3 Å². The van der Waals surface area contributed by atoms with Crippen LogP contribution in [0.2, 0.25) is 0 Å². The molecule has 8 heteroatoms. The molecule has 0 fully saturated rings. The van der Waals surface area contributed by atoms with Crippen molar-refractivity contribution in [3.8, 4) is 11.5 Å². The number of guanidine groups is 1. The van der Waals surface area contributed by atoms with Gasteiger partial charge in [0.05, 0.1) is 27.4 Å². The van der Waals surface area contributed by atoms with E-state index in [0.717, 1.165) is 48.8 Å². The normalized spacial score (nSPS) is 13.9. The van der Waals surface area contributed by atoms with E-state index in [1.807, 2.05) is 24.3 Å². The molecule has 0 unspecified atom stereocenters. The first-order chi connectivity index (χ1) is 14.1. The van der Waals surface area contributed by atoms with Gasteiger partial charge in [0.25, 0.3) is 0 Å². The Labute approximate surface area is 195 Å². The summed E-state index contributed by atoms with van der Waals surface area (Å²) >= 11 is 0. The van der Waals surface area contributed by atoms with Gasteiger partial charge < -0.3 is 25.3 Å². The fourth-order valence-electron chi connectivity index (χ4n) is 3.55. The van der Waals surface area contributed by atoms with E-state index in [1.54, 1.807) is 21.3 Å². The minimum Gasteiger partial charge on any atom is -0.493 e. The van der Waals surface area contributed by atoms with E-state index in [2.05, 4.69) is 27.3 Å². The Bertz CT molecular complexity index is 860. The maximum absolute atomic E-state index is 6.08. The van der Waals surface area contributed by atoms with Crippen molar-refractivity contribution >= 4 is 35.6 Å². The van der Waals surface area contributed by atoms with Crippen molar-refractivity contribution in [3.63, 3.8) is 0 Å². The van der Waals surface area contributed by atoms with Crippen LogP contribution in [0.25, 0.3) is 0 Å². The Morgan fingerprint density at radius 1 is 1.10 bits per heavy atom. The maximum atomic E-state index is 6.08. The number of hydrogen-bond donors (Lipinski definition) is 2. The highest BCUT2D eigenvalue weighted by Crippen LogP contribution is 2.33. The van der Waals surface area contributed by atoms with Crippen molar-refractivity contribution in [3.05, 3.63) is 53.1 Å². The van der Waals surface area contributed by atoms with Crippen molar-refractivity contribution in [1.82, 2.24) is 4.90 Å². The smallest absolute Gasteiger partial charge is 0.193 e. The van der Waals surface area contributed by atoms with Gasteiger partial charge in [0, 0.05) is 38.0 Å². The number of methoxy groups -OCH3 is 3. The predicted octanol–water partition coefficient (Wildman–Crippen LogP) is 3.25. The summed E-state index contributed by atoms with van der Waals surface area (Å²) in [5, 5.41) is 3.18. The topological polar surface area (TPSA) is 81.3 Å². The van der Waals surface area contributed by atoms with Gasteiger partial charge in [0.1, 0.15) is 0 Å². The summed E-state index contributed by atoms with van der Waals surface area (Å²) in [6.45, 7) is 3.86. The highest BCUT2D eigenvalue weighted by Gasteiger charge is 2.19. The maximum Gasteiger partial charge on any atom is 0.193 e. The Kier molecular flexibility index (Phi) is 9.67. The zero-order chi connectivity index (χ0) is 20.6. The van der Waals surface area contributed by atoms with Crippen LogP contribution in [0.3, 0.4) is 0 Å². The van der Waals surface area contributed by atoms with Crippen LogP contribution >= 0.6 is 24.0 Å². The summed E-state index contributed by atoms with van der Waals surface area (Å²) in [7, 11) is 5.01. The first-order valence-electron chi connectivity index (χ1n) is 9.74. The van der Waals surface area contributed by atoms with Gasteiger partial charge in [-0.25, -0.2) is 0 Å². The minimum atomic E-state index is 0. The molecule has 2 aromatic carbocycles. The number of benzene rings is 2. The number of nitrogens with zero attached hydrogens (tertiary/aromatic N) is 2. The highest BCUT2D eigenvalue weighted by molar-refractivity contribution is 14.0. The van der Waals surface area contributed by atoms with Crippen molar-refractivity contribution in [2.24, 2.45) is 10.7 Å². The van der Waals surface area contributed by atoms with Gasteiger partial charge in [-0.15, -0.1) is 24.0 Å². The molecule has 0 aromatic heterocycles. The molecule has 2 aromatic rings. The zero-order valence-electron chi connectivity index (χ0n) is 17.8. The lowest BCUT2D eigenvalue weighted by molar-refractivity contribution is 0.185. The number of halogens is 1. The number of ether oxygens (including phenoxy) is 3. The van der Waals surface area contributed by atoms with Crippen LogP contribution in [0.1, 0.15) is 16.7 Å². The molecular formula is C22H31IN4O3. The van der Waals surface area contributed by atoms with Crippen LogP contribution in [0, 0.1) is 0 Å². The average Bonchev–Trinajstić information content (AvgIpc) is 2.74. The van der Waals surface area contributed by atoms with E-state index in [4.69, 9.17) is 19.9 Å². The summed E-state index contributed by atoms with van der Waals surface area (Å²) in [6.07, 6.45) is 0.984. The molecule has 1 aliphatic heterocycles. The molecule has 0 spiro atoms. The Balaban J connectivity index is 0.00000320. The molecule has 3 rings (SSSR count). The molecule has 164 valence electrons. The molecule has 0 saturated heterocycles. The van der Waals surface area contributed by atoms with Gasteiger partial charge in [0.15, 0.2) is 17.5 Å². The Morgan fingerprint density at radius 3 is 2.50 bits per heavy atom. The third-order valence-corrected chi connectivity index (χ3v) is 5.08. The lowest BCUT2D eigenvalue weighted by Gasteiger charge is -2.29. The van der Waals surface area contributed by atoms with E-state index in [-0.39, 0.29) is 24.0 Å².